The van der Waals surface area contributed by atoms with Crippen molar-refractivity contribution < 1.29 is 0 Å². The third kappa shape index (κ3) is 16.8. The number of fused-ring (bicyclic) bond motifs is 1. The van der Waals surface area contributed by atoms with E-state index in [0.29, 0.717) is 18.0 Å². The summed E-state index contributed by atoms with van der Waals surface area (Å²) in [4.78, 5) is 11.5. The lowest BCUT2D eigenvalue weighted by molar-refractivity contribution is 0.263. The highest BCUT2D eigenvalue weighted by molar-refractivity contribution is 5.95. The van der Waals surface area contributed by atoms with Crippen LogP contribution in [0.4, 0.5) is 0 Å². The quantitative estimate of drug-likeness (QED) is 0.0275. The second-order valence-electron chi connectivity index (χ2n) is 20.9. The van der Waals surface area contributed by atoms with Crippen LogP contribution in [0.2, 0.25) is 0 Å². The molecule has 3 aromatic carbocycles. The van der Waals surface area contributed by atoms with Crippen molar-refractivity contribution in [1.82, 2.24) is 34.9 Å². The molecule has 0 radical (unpaired) electrons. The molecule has 1 fully saturated rings. The van der Waals surface area contributed by atoms with Gasteiger partial charge in [-0.1, -0.05) is 126 Å². The number of nitrogens with zero attached hydrogens (tertiary/aromatic N) is 5. The smallest absolute Gasteiger partial charge is 0.0623 e. The predicted octanol–water partition coefficient (Wildman–Crippen LogP) is 13.0. The van der Waals surface area contributed by atoms with E-state index >= 15 is 0 Å². The summed E-state index contributed by atoms with van der Waals surface area (Å²) < 4.78 is 2.51. The average molecular weight is 976 g/mol. The number of nitrogens with one attached hydrogen (secondary N) is 2. The van der Waals surface area contributed by atoms with Crippen LogP contribution < -0.4 is 16.4 Å². The monoisotopic (exact) mass is 975 g/mol. The summed E-state index contributed by atoms with van der Waals surface area (Å²) >= 11 is 0. The van der Waals surface area contributed by atoms with E-state index in [4.69, 9.17) is 5.73 Å². The number of pyridine rings is 1. The number of nitrogens with two attached hydrogens (primary N) is 1. The minimum atomic E-state index is 0.143. The molecule has 4 atom stereocenters. The van der Waals surface area contributed by atoms with Crippen LogP contribution in [0.3, 0.4) is 0 Å². The zero-order chi connectivity index (χ0) is 53.0. The van der Waals surface area contributed by atoms with Crippen molar-refractivity contribution in [3.05, 3.63) is 176 Å². The summed E-state index contributed by atoms with van der Waals surface area (Å²) in [6.07, 6.45) is 17.4. The molecule has 72 heavy (non-hydrogen) atoms. The first kappa shape index (κ1) is 59.1. The van der Waals surface area contributed by atoms with E-state index in [1.165, 1.54) is 73.2 Å². The van der Waals surface area contributed by atoms with Gasteiger partial charge < -0.3 is 30.7 Å². The summed E-state index contributed by atoms with van der Waals surface area (Å²) in [5.74, 6) is 0.512. The molecule has 1 saturated heterocycles. The fourth-order valence-corrected chi connectivity index (χ4v) is 9.89. The summed E-state index contributed by atoms with van der Waals surface area (Å²) in [7, 11) is 8.16. The van der Waals surface area contributed by atoms with E-state index < -0.39 is 0 Å². The van der Waals surface area contributed by atoms with Crippen molar-refractivity contribution in [2.24, 2.45) is 17.1 Å². The van der Waals surface area contributed by atoms with Crippen LogP contribution in [0.15, 0.2) is 148 Å². The fraction of sp³-hybridized carbons (Fsp3) is 0.453. The third-order valence-corrected chi connectivity index (χ3v) is 14.3. The minimum Gasteiger partial charge on any atom is -0.371 e. The number of aromatic nitrogens is 2. The van der Waals surface area contributed by atoms with Gasteiger partial charge in [0, 0.05) is 86.1 Å². The molecule has 8 nitrogen and oxygen atoms in total. The molecule has 2 aromatic heterocycles. The minimum absolute atomic E-state index is 0.143. The van der Waals surface area contributed by atoms with E-state index in [1.54, 1.807) is 0 Å². The van der Waals surface area contributed by atoms with Gasteiger partial charge in [0.25, 0.3) is 0 Å². The van der Waals surface area contributed by atoms with Gasteiger partial charge in [-0.05, 0) is 149 Å². The second kappa shape index (κ2) is 29.3. The molecule has 390 valence electrons. The van der Waals surface area contributed by atoms with Crippen LogP contribution in [-0.4, -0.2) is 96.7 Å². The van der Waals surface area contributed by atoms with E-state index in [1.807, 2.05) is 38.5 Å². The maximum atomic E-state index is 5.24. The molecule has 0 amide bonds. The number of likely N-dealkylation sites (N-methyl/N-ethyl adjacent to an activating group) is 3. The third-order valence-electron chi connectivity index (χ3n) is 14.3. The van der Waals surface area contributed by atoms with Gasteiger partial charge in [0.2, 0.25) is 0 Å². The fourth-order valence-electron chi connectivity index (χ4n) is 9.89. The van der Waals surface area contributed by atoms with Crippen LogP contribution in [0.5, 0.6) is 0 Å². The molecule has 4 unspecified atom stereocenters. The number of rotatable bonds is 27. The van der Waals surface area contributed by atoms with Crippen molar-refractivity contribution in [2.45, 2.75) is 125 Å². The second-order valence-corrected chi connectivity index (χ2v) is 20.9. The van der Waals surface area contributed by atoms with Crippen molar-refractivity contribution in [1.29, 1.82) is 0 Å². The zero-order valence-electron chi connectivity index (χ0n) is 46.7. The summed E-state index contributed by atoms with van der Waals surface area (Å²) in [6, 6.07) is 27.8. The number of unbranched alkanes of at least 4 members (excludes halogenated alkanes) is 1. The number of hydrogen-bond donors (Lipinski definition) is 3. The molecule has 0 spiro atoms. The lowest BCUT2D eigenvalue weighted by atomic mass is 9.80. The Kier molecular flexibility index (Phi) is 24.0. The predicted molar refractivity (Wildman–Crippen MR) is 314 cm³/mol. The Hall–Kier alpha value is -5.51. The summed E-state index contributed by atoms with van der Waals surface area (Å²) in [5.41, 5.74) is 20.8. The van der Waals surface area contributed by atoms with Gasteiger partial charge in [-0.25, -0.2) is 0 Å². The Labute approximate surface area is 437 Å². The first-order valence-corrected chi connectivity index (χ1v) is 26.7. The molecule has 8 heteroatoms. The van der Waals surface area contributed by atoms with Gasteiger partial charge in [0.15, 0.2) is 0 Å². The number of aryl methyl sites for hydroxylation is 3. The SMILES string of the molecule is C=CC(C(C)C)N(C)C(=C)CN(C)C(=C)C1CN1Cc1ccccc1.C=CCCC(C)(C)Cc1c(-c2cnccc2CC)n(CC)c2ccc(-c3cc(C)cc(CC(C=C)NC)c3)cc12.CNCCCCN. The first-order valence-electron chi connectivity index (χ1n) is 26.7. The highest BCUT2D eigenvalue weighted by atomic mass is 15.3. The Bertz CT molecular complexity index is 2490. The molecule has 3 heterocycles. The molecular formula is C64H94N8. The van der Waals surface area contributed by atoms with Crippen LogP contribution in [0.25, 0.3) is 33.3 Å². The largest absolute Gasteiger partial charge is 0.371 e. The normalized spacial score (nSPS) is 14.8. The number of allylic oxidation sites excluding steroid dienone is 1. The Balaban J connectivity index is 0.000000298. The van der Waals surface area contributed by atoms with Crippen molar-refractivity contribution in [2.75, 3.05) is 54.4 Å². The highest BCUT2D eigenvalue weighted by Crippen LogP contribution is 2.42. The molecule has 0 aliphatic carbocycles. The van der Waals surface area contributed by atoms with E-state index in [0.717, 1.165) is 83.5 Å². The van der Waals surface area contributed by atoms with Crippen molar-refractivity contribution >= 4 is 10.9 Å². The Morgan fingerprint density at radius 1 is 0.931 bits per heavy atom. The molecule has 6 rings (SSSR count). The molecule has 0 bridgehead atoms. The van der Waals surface area contributed by atoms with Crippen molar-refractivity contribution in [3.8, 4) is 22.4 Å². The number of hydrogen-bond acceptors (Lipinski definition) is 7. The molecule has 1 aliphatic heterocycles. The highest BCUT2D eigenvalue weighted by Gasteiger charge is 2.37. The number of benzene rings is 3. The van der Waals surface area contributed by atoms with Gasteiger partial charge >= 0.3 is 0 Å². The topological polar surface area (TPSA) is 77.4 Å². The van der Waals surface area contributed by atoms with Crippen molar-refractivity contribution in [3.63, 3.8) is 0 Å². The Morgan fingerprint density at radius 3 is 2.28 bits per heavy atom. The van der Waals surface area contributed by atoms with E-state index in [2.05, 4.69) is 209 Å². The van der Waals surface area contributed by atoms with E-state index in [9.17, 15) is 0 Å². The van der Waals surface area contributed by atoms with Gasteiger partial charge in [-0.15, -0.1) is 19.7 Å². The molecule has 5 aromatic rings. The molecule has 1 aliphatic rings. The van der Waals surface area contributed by atoms with Crippen LogP contribution in [0, 0.1) is 18.3 Å². The summed E-state index contributed by atoms with van der Waals surface area (Å²) in [5, 5.41) is 7.76. The Morgan fingerprint density at radius 2 is 1.67 bits per heavy atom. The lowest BCUT2D eigenvalue weighted by Gasteiger charge is -2.34. The zero-order valence-corrected chi connectivity index (χ0v) is 46.7. The molecular weight excluding hydrogens is 881 g/mol. The van der Waals surface area contributed by atoms with Gasteiger partial charge in [0.1, 0.15) is 0 Å². The molecule has 0 saturated carbocycles. The van der Waals surface area contributed by atoms with Gasteiger partial charge in [-0.2, -0.15) is 0 Å². The van der Waals surface area contributed by atoms with Gasteiger partial charge in [-0.3, -0.25) is 9.88 Å². The first-order chi connectivity index (χ1) is 34.5. The summed E-state index contributed by atoms with van der Waals surface area (Å²) in [6.45, 7) is 42.2. The van der Waals surface area contributed by atoms with Gasteiger partial charge in [0.05, 0.1) is 18.3 Å². The van der Waals surface area contributed by atoms with Crippen LogP contribution >= 0.6 is 0 Å². The average Bonchev–Trinajstić information content (AvgIpc) is 4.08. The maximum Gasteiger partial charge on any atom is 0.0623 e. The maximum absolute atomic E-state index is 5.24. The van der Waals surface area contributed by atoms with Crippen LogP contribution in [-0.2, 0) is 32.4 Å². The van der Waals surface area contributed by atoms with E-state index in [-0.39, 0.29) is 11.5 Å². The lowest BCUT2D eigenvalue weighted by Crippen LogP contribution is -2.37. The molecule has 4 N–H and O–H groups in total. The standard InChI is InChI=1S/C37H47N3.C22H33N3.C5H14N2/c1-9-13-17-37(6,7)24-33-32-23-29(30-20-26(5)19-27(21-30)22-31(11-3)38-8)14-15-35(32)40(12-4)36(33)34-25-39-18-16-28(34)10-2;1-8-21(17(2)3)24(7)18(4)14-23(6)19(5)22-16-25(22)15-20-12-10-9-11-13-20;1-7-5-3-2-4-6/h9,11,14-16,18-21,23,25,31,38H,1,3,10,12-13,17,22,24H2,2,4-8H3;8-13,17,21-22H,1,4-5,14-16H2,2-3,6-7H3;7H,2-6H2,1H3. The van der Waals surface area contributed by atoms with Crippen LogP contribution in [0.1, 0.15) is 95.0 Å².